The highest BCUT2D eigenvalue weighted by atomic mass is 35.5. The molecule has 4 heteroatoms. The summed E-state index contributed by atoms with van der Waals surface area (Å²) in [4.78, 5) is 2.45. The van der Waals surface area contributed by atoms with Gasteiger partial charge in [-0.2, -0.15) is 0 Å². The van der Waals surface area contributed by atoms with Crippen molar-refractivity contribution >= 4 is 11.6 Å². The van der Waals surface area contributed by atoms with Gasteiger partial charge in [-0.3, -0.25) is 4.90 Å². The van der Waals surface area contributed by atoms with Gasteiger partial charge in [0.2, 0.25) is 0 Å². The fraction of sp³-hybridized carbons (Fsp3) is 0.455. The van der Waals surface area contributed by atoms with Crippen LogP contribution < -0.4 is 5.32 Å². The van der Waals surface area contributed by atoms with Gasteiger partial charge < -0.3 is 10.4 Å². The van der Waals surface area contributed by atoms with E-state index in [9.17, 15) is 5.11 Å². The van der Waals surface area contributed by atoms with E-state index in [4.69, 9.17) is 11.6 Å². The number of halogens is 1. The second-order valence-electron chi connectivity index (χ2n) is 7.52. The van der Waals surface area contributed by atoms with Gasteiger partial charge in [-0.1, -0.05) is 61.0 Å². The molecule has 3 nitrogen and oxygen atoms in total. The molecule has 0 aliphatic carbocycles. The zero-order valence-corrected chi connectivity index (χ0v) is 16.4. The first-order chi connectivity index (χ1) is 12.6. The molecule has 1 aliphatic heterocycles. The Morgan fingerprint density at radius 2 is 1.85 bits per heavy atom. The normalized spacial score (nSPS) is 26.3. The molecule has 1 aliphatic rings. The summed E-state index contributed by atoms with van der Waals surface area (Å²) in [7, 11) is 0. The zero-order chi connectivity index (χ0) is 18.6. The summed E-state index contributed by atoms with van der Waals surface area (Å²) in [6.45, 7) is 7.24. The van der Waals surface area contributed by atoms with Gasteiger partial charge in [0, 0.05) is 29.7 Å². The minimum absolute atomic E-state index is 0.181. The lowest BCUT2D eigenvalue weighted by Gasteiger charge is -2.37. The maximum Gasteiger partial charge on any atom is 0.0613 e. The molecule has 140 valence electrons. The zero-order valence-electron chi connectivity index (χ0n) is 15.7. The number of rotatable bonds is 7. The van der Waals surface area contributed by atoms with E-state index in [0.717, 1.165) is 31.1 Å². The van der Waals surface area contributed by atoms with E-state index in [1.807, 2.05) is 18.2 Å². The Hall–Kier alpha value is -1.39. The van der Waals surface area contributed by atoms with E-state index in [1.54, 1.807) is 0 Å². The Morgan fingerprint density at radius 3 is 2.46 bits per heavy atom. The minimum Gasteiger partial charge on any atom is -0.394 e. The van der Waals surface area contributed by atoms with Crippen molar-refractivity contribution in [3.8, 4) is 0 Å². The molecular formula is C22H29ClN2O. The summed E-state index contributed by atoms with van der Waals surface area (Å²) < 4.78 is 0. The molecule has 0 aromatic heterocycles. The van der Waals surface area contributed by atoms with Crippen LogP contribution >= 0.6 is 11.6 Å². The molecule has 1 saturated heterocycles. The SMILES string of the molecule is CCN1[C@H](c2ccc(Cl)cc2)[C@H](CNCc2ccccc2)C[C@]1(C)CO. The van der Waals surface area contributed by atoms with Gasteiger partial charge in [-0.25, -0.2) is 0 Å². The molecule has 1 fully saturated rings. The summed E-state index contributed by atoms with van der Waals surface area (Å²) in [6.07, 6.45) is 0.979. The van der Waals surface area contributed by atoms with E-state index in [0.29, 0.717) is 5.92 Å². The van der Waals surface area contributed by atoms with Gasteiger partial charge in [0.1, 0.15) is 0 Å². The lowest BCUT2D eigenvalue weighted by atomic mass is 9.90. The average Bonchev–Trinajstić information content (AvgIpc) is 2.95. The number of likely N-dealkylation sites (N-methyl/N-ethyl adjacent to an activating group) is 1. The third-order valence-corrected chi connectivity index (χ3v) is 5.90. The summed E-state index contributed by atoms with van der Waals surface area (Å²) in [5.74, 6) is 0.442. The quantitative estimate of drug-likeness (QED) is 0.762. The van der Waals surface area contributed by atoms with Crippen molar-refractivity contribution in [2.75, 3.05) is 19.7 Å². The van der Waals surface area contributed by atoms with E-state index >= 15 is 0 Å². The first kappa shape index (κ1) is 19.4. The van der Waals surface area contributed by atoms with Crippen molar-refractivity contribution in [2.24, 2.45) is 5.92 Å². The number of benzene rings is 2. The topological polar surface area (TPSA) is 35.5 Å². The number of nitrogens with zero attached hydrogens (tertiary/aromatic N) is 1. The second kappa shape index (κ2) is 8.53. The molecule has 3 rings (SSSR count). The third kappa shape index (κ3) is 4.12. The number of nitrogens with one attached hydrogen (secondary N) is 1. The molecule has 3 atom stereocenters. The standard InChI is InChI=1S/C22H29ClN2O/c1-3-25-21(18-9-11-20(23)12-10-18)19(13-22(25,2)16-26)15-24-14-17-7-5-4-6-8-17/h4-12,19,21,24,26H,3,13-16H2,1-2H3/t19-,21+,22+/m0/s1. The molecule has 1 heterocycles. The first-order valence-electron chi connectivity index (χ1n) is 9.45. The van der Waals surface area contributed by atoms with Gasteiger partial charge in [0.25, 0.3) is 0 Å². The van der Waals surface area contributed by atoms with Crippen molar-refractivity contribution in [1.82, 2.24) is 10.2 Å². The van der Waals surface area contributed by atoms with Crippen molar-refractivity contribution in [3.63, 3.8) is 0 Å². The second-order valence-corrected chi connectivity index (χ2v) is 7.95. The highest BCUT2D eigenvalue weighted by molar-refractivity contribution is 6.30. The summed E-state index contributed by atoms with van der Waals surface area (Å²) in [5.41, 5.74) is 2.39. The molecule has 26 heavy (non-hydrogen) atoms. The van der Waals surface area contributed by atoms with E-state index < -0.39 is 0 Å². The molecule has 0 saturated carbocycles. The molecule has 2 aromatic carbocycles. The molecule has 2 aromatic rings. The molecule has 0 bridgehead atoms. The monoisotopic (exact) mass is 372 g/mol. The van der Waals surface area contributed by atoms with Gasteiger partial charge in [0.15, 0.2) is 0 Å². The summed E-state index contributed by atoms with van der Waals surface area (Å²) >= 11 is 6.09. The Balaban J connectivity index is 1.77. The number of aliphatic hydroxyl groups is 1. The van der Waals surface area contributed by atoms with Crippen molar-refractivity contribution in [3.05, 3.63) is 70.7 Å². The third-order valence-electron chi connectivity index (χ3n) is 5.65. The highest BCUT2D eigenvalue weighted by Crippen LogP contribution is 2.46. The Bertz CT molecular complexity index is 691. The van der Waals surface area contributed by atoms with Crippen LogP contribution in [-0.2, 0) is 6.54 Å². The number of aliphatic hydroxyl groups excluding tert-OH is 1. The van der Waals surface area contributed by atoms with Gasteiger partial charge in [-0.15, -0.1) is 0 Å². The fourth-order valence-electron chi connectivity index (χ4n) is 4.41. The van der Waals surface area contributed by atoms with Crippen LogP contribution in [0.4, 0.5) is 0 Å². The smallest absolute Gasteiger partial charge is 0.0613 e. The minimum atomic E-state index is -0.182. The largest absolute Gasteiger partial charge is 0.394 e. The molecule has 2 N–H and O–H groups in total. The van der Waals surface area contributed by atoms with Crippen LogP contribution in [-0.4, -0.2) is 35.2 Å². The maximum atomic E-state index is 10.1. The van der Waals surface area contributed by atoms with E-state index in [-0.39, 0.29) is 18.2 Å². The first-order valence-corrected chi connectivity index (χ1v) is 9.83. The Morgan fingerprint density at radius 1 is 1.15 bits per heavy atom. The number of hydrogen-bond donors (Lipinski definition) is 2. The number of hydrogen-bond acceptors (Lipinski definition) is 3. The number of likely N-dealkylation sites (tertiary alicyclic amines) is 1. The maximum absolute atomic E-state index is 10.1. The summed E-state index contributed by atoms with van der Waals surface area (Å²) in [5, 5.41) is 14.5. The molecular weight excluding hydrogens is 344 g/mol. The van der Waals surface area contributed by atoms with Crippen LogP contribution in [0.15, 0.2) is 54.6 Å². The lowest BCUT2D eigenvalue weighted by molar-refractivity contribution is 0.0579. The van der Waals surface area contributed by atoms with Crippen LogP contribution in [0, 0.1) is 5.92 Å². The van der Waals surface area contributed by atoms with Crippen LogP contribution in [0.1, 0.15) is 37.4 Å². The molecule has 0 spiro atoms. The van der Waals surface area contributed by atoms with Crippen molar-refractivity contribution in [1.29, 1.82) is 0 Å². The molecule has 0 unspecified atom stereocenters. The van der Waals surface area contributed by atoms with E-state index in [2.05, 4.69) is 60.5 Å². The molecule has 0 radical (unpaired) electrons. The predicted octanol–water partition coefficient (Wildman–Crippen LogP) is 4.26. The fourth-order valence-corrected chi connectivity index (χ4v) is 4.54. The van der Waals surface area contributed by atoms with Gasteiger partial charge in [-0.05, 0) is 49.1 Å². The van der Waals surface area contributed by atoms with Crippen molar-refractivity contribution in [2.45, 2.75) is 38.4 Å². The van der Waals surface area contributed by atoms with E-state index in [1.165, 1.54) is 11.1 Å². The van der Waals surface area contributed by atoms with Gasteiger partial charge >= 0.3 is 0 Å². The Kier molecular flexibility index (Phi) is 6.36. The van der Waals surface area contributed by atoms with Crippen LogP contribution in [0.25, 0.3) is 0 Å². The van der Waals surface area contributed by atoms with Crippen LogP contribution in [0.3, 0.4) is 0 Å². The van der Waals surface area contributed by atoms with Crippen molar-refractivity contribution < 1.29 is 5.11 Å². The van der Waals surface area contributed by atoms with Crippen LogP contribution in [0.2, 0.25) is 5.02 Å². The Labute approximate surface area is 162 Å². The predicted molar refractivity (Wildman–Crippen MR) is 108 cm³/mol. The lowest BCUT2D eigenvalue weighted by Crippen LogP contribution is -2.45. The van der Waals surface area contributed by atoms with Crippen LogP contribution in [0.5, 0.6) is 0 Å². The van der Waals surface area contributed by atoms with Gasteiger partial charge in [0.05, 0.1) is 6.61 Å². The average molecular weight is 373 g/mol. The summed E-state index contributed by atoms with van der Waals surface area (Å²) in [6, 6.07) is 19.0. The molecule has 0 amide bonds. The highest BCUT2D eigenvalue weighted by Gasteiger charge is 2.47.